The van der Waals surface area contributed by atoms with E-state index in [1.54, 1.807) is 6.07 Å². The zero-order valence-corrected chi connectivity index (χ0v) is 16.8. The number of hydrogen-bond acceptors (Lipinski definition) is 4. The van der Waals surface area contributed by atoms with Crippen molar-refractivity contribution in [3.63, 3.8) is 0 Å². The van der Waals surface area contributed by atoms with Gasteiger partial charge in [-0.1, -0.05) is 59.3 Å². The molecule has 2 aromatic carbocycles. The zero-order chi connectivity index (χ0) is 20.8. The van der Waals surface area contributed by atoms with Crippen molar-refractivity contribution in [1.82, 2.24) is 15.8 Å². The molecule has 1 aromatic heterocycles. The third kappa shape index (κ3) is 5.54. The lowest BCUT2D eigenvalue weighted by atomic mass is 10.0. The average molecular weight is 391 g/mol. The van der Waals surface area contributed by atoms with Gasteiger partial charge >= 0.3 is 0 Å². The minimum atomic E-state index is -0.716. The molecule has 0 radical (unpaired) electrons. The molecular formula is C23H25N3O3. The van der Waals surface area contributed by atoms with E-state index in [2.05, 4.69) is 15.8 Å². The maximum atomic E-state index is 12.7. The second-order valence-electron chi connectivity index (χ2n) is 7.32. The number of rotatable bonds is 7. The third-order valence-corrected chi connectivity index (χ3v) is 4.38. The highest BCUT2D eigenvalue weighted by Crippen LogP contribution is 2.21. The second-order valence-corrected chi connectivity index (χ2v) is 7.32. The van der Waals surface area contributed by atoms with Crippen LogP contribution in [0.5, 0.6) is 0 Å². The van der Waals surface area contributed by atoms with Crippen LogP contribution in [0.1, 0.15) is 35.5 Å². The van der Waals surface area contributed by atoms with Gasteiger partial charge in [0.2, 0.25) is 5.91 Å². The van der Waals surface area contributed by atoms with E-state index in [4.69, 9.17) is 4.52 Å². The molecule has 2 amide bonds. The Morgan fingerprint density at radius 1 is 1.00 bits per heavy atom. The van der Waals surface area contributed by atoms with Gasteiger partial charge in [0.1, 0.15) is 6.04 Å². The summed E-state index contributed by atoms with van der Waals surface area (Å²) in [6.07, 6.45) is 0.383. The molecule has 3 rings (SSSR count). The first-order valence-electron chi connectivity index (χ1n) is 9.61. The van der Waals surface area contributed by atoms with Gasteiger partial charge in [0.15, 0.2) is 11.5 Å². The summed E-state index contributed by atoms with van der Waals surface area (Å²) in [6, 6.07) is 18.2. The molecule has 0 aliphatic carbocycles. The van der Waals surface area contributed by atoms with Crippen molar-refractivity contribution in [2.24, 2.45) is 0 Å². The molecule has 6 heteroatoms. The second kappa shape index (κ2) is 9.19. The van der Waals surface area contributed by atoms with Gasteiger partial charge in [-0.2, -0.15) is 0 Å². The third-order valence-electron chi connectivity index (χ3n) is 4.38. The number of benzene rings is 2. The number of nitrogens with one attached hydrogen (secondary N) is 2. The van der Waals surface area contributed by atoms with Crippen LogP contribution in [-0.2, 0) is 11.2 Å². The van der Waals surface area contributed by atoms with Gasteiger partial charge in [-0.15, -0.1) is 0 Å². The maximum absolute atomic E-state index is 12.7. The van der Waals surface area contributed by atoms with E-state index in [1.807, 2.05) is 75.4 Å². The van der Waals surface area contributed by atoms with Gasteiger partial charge in [0.05, 0.1) is 0 Å². The Morgan fingerprint density at radius 3 is 2.45 bits per heavy atom. The predicted molar refractivity (Wildman–Crippen MR) is 111 cm³/mol. The number of amides is 2. The fraction of sp³-hybridized carbons (Fsp3) is 0.261. The fourth-order valence-corrected chi connectivity index (χ4v) is 2.99. The van der Waals surface area contributed by atoms with E-state index in [0.717, 1.165) is 16.7 Å². The van der Waals surface area contributed by atoms with E-state index in [0.29, 0.717) is 12.2 Å². The van der Waals surface area contributed by atoms with E-state index in [9.17, 15) is 9.59 Å². The Balaban J connectivity index is 1.76. The molecule has 150 valence electrons. The topological polar surface area (TPSA) is 84.2 Å². The van der Waals surface area contributed by atoms with Crippen LogP contribution >= 0.6 is 0 Å². The van der Waals surface area contributed by atoms with Crippen LogP contribution in [0.25, 0.3) is 11.3 Å². The van der Waals surface area contributed by atoms with Gasteiger partial charge < -0.3 is 15.2 Å². The number of hydrogen-bond donors (Lipinski definition) is 2. The molecule has 0 saturated carbocycles. The van der Waals surface area contributed by atoms with Gasteiger partial charge in [0.25, 0.3) is 5.91 Å². The van der Waals surface area contributed by atoms with Gasteiger partial charge in [-0.25, -0.2) is 0 Å². The van der Waals surface area contributed by atoms with Crippen LogP contribution in [0.2, 0.25) is 0 Å². The smallest absolute Gasteiger partial charge is 0.274 e. The summed E-state index contributed by atoms with van der Waals surface area (Å²) >= 11 is 0. The highest BCUT2D eigenvalue weighted by Gasteiger charge is 2.24. The lowest BCUT2D eigenvalue weighted by molar-refractivity contribution is -0.123. The molecule has 6 nitrogen and oxygen atoms in total. The van der Waals surface area contributed by atoms with Gasteiger partial charge in [-0.05, 0) is 32.4 Å². The van der Waals surface area contributed by atoms with Crippen LogP contribution < -0.4 is 10.6 Å². The highest BCUT2D eigenvalue weighted by atomic mass is 16.5. The first kappa shape index (κ1) is 20.3. The zero-order valence-electron chi connectivity index (χ0n) is 16.8. The largest absolute Gasteiger partial charge is 0.355 e. The minimum absolute atomic E-state index is 0.0300. The van der Waals surface area contributed by atoms with E-state index in [1.165, 1.54) is 0 Å². The summed E-state index contributed by atoms with van der Waals surface area (Å²) in [6.45, 7) is 5.74. The highest BCUT2D eigenvalue weighted by molar-refractivity contribution is 5.96. The summed E-state index contributed by atoms with van der Waals surface area (Å²) < 4.78 is 5.34. The van der Waals surface area contributed by atoms with Crippen molar-refractivity contribution in [3.8, 4) is 11.3 Å². The number of aryl methyl sites for hydroxylation is 1. The quantitative estimate of drug-likeness (QED) is 0.645. The lowest BCUT2D eigenvalue weighted by Gasteiger charge is -2.19. The van der Waals surface area contributed by atoms with Crippen molar-refractivity contribution in [2.75, 3.05) is 0 Å². The van der Waals surface area contributed by atoms with Crippen molar-refractivity contribution in [3.05, 3.63) is 77.5 Å². The normalized spacial score (nSPS) is 11.9. The molecule has 0 saturated heterocycles. The Kier molecular flexibility index (Phi) is 6.44. The summed E-state index contributed by atoms with van der Waals surface area (Å²) in [5.74, 6) is -0.183. The molecule has 0 fully saturated rings. The number of carbonyl (C=O) groups excluding carboxylic acids is 2. The van der Waals surface area contributed by atoms with Crippen LogP contribution in [0, 0.1) is 6.92 Å². The molecular weight excluding hydrogens is 366 g/mol. The molecule has 0 spiro atoms. The summed E-state index contributed by atoms with van der Waals surface area (Å²) in [4.78, 5) is 25.4. The molecule has 0 aliphatic rings. The number of carbonyl (C=O) groups is 2. The molecule has 0 bridgehead atoms. The molecule has 0 aliphatic heterocycles. The average Bonchev–Trinajstić information content (AvgIpc) is 3.18. The lowest BCUT2D eigenvalue weighted by Crippen LogP contribution is -2.49. The molecule has 29 heavy (non-hydrogen) atoms. The molecule has 3 aromatic rings. The molecule has 1 heterocycles. The molecule has 0 unspecified atom stereocenters. The standard InChI is InChI=1S/C23H25N3O3/c1-15(2)24-22(27)19(13-17-9-5-4-6-10-17)25-23(28)20-14-21(29-26-20)18-11-7-8-16(3)12-18/h4-12,14-15,19H,13H2,1-3H3,(H,24,27)(H,25,28)/t19-/m1/s1. The summed E-state index contributed by atoms with van der Waals surface area (Å²) in [5, 5.41) is 9.53. The van der Waals surface area contributed by atoms with E-state index < -0.39 is 11.9 Å². The van der Waals surface area contributed by atoms with Gasteiger partial charge in [0, 0.05) is 24.1 Å². The van der Waals surface area contributed by atoms with Crippen LogP contribution in [0.4, 0.5) is 0 Å². The van der Waals surface area contributed by atoms with Crippen molar-refractivity contribution >= 4 is 11.8 Å². The Hall–Kier alpha value is -3.41. The maximum Gasteiger partial charge on any atom is 0.274 e. The number of nitrogens with zero attached hydrogens (tertiary/aromatic N) is 1. The first-order chi connectivity index (χ1) is 13.9. The summed E-state index contributed by atoms with van der Waals surface area (Å²) in [7, 11) is 0. The predicted octanol–water partition coefficient (Wildman–Crippen LogP) is 3.52. The van der Waals surface area contributed by atoms with Crippen LogP contribution in [-0.4, -0.2) is 29.1 Å². The number of aromatic nitrogens is 1. The van der Waals surface area contributed by atoms with Crippen molar-refractivity contribution < 1.29 is 14.1 Å². The Morgan fingerprint density at radius 2 is 1.76 bits per heavy atom. The van der Waals surface area contributed by atoms with Crippen LogP contribution in [0.3, 0.4) is 0 Å². The molecule has 2 N–H and O–H groups in total. The minimum Gasteiger partial charge on any atom is -0.355 e. The van der Waals surface area contributed by atoms with Crippen LogP contribution in [0.15, 0.2) is 65.2 Å². The Labute approximate surface area is 170 Å². The van der Waals surface area contributed by atoms with E-state index in [-0.39, 0.29) is 17.6 Å². The monoisotopic (exact) mass is 391 g/mol. The SMILES string of the molecule is Cc1cccc(-c2cc(C(=O)N[C@H](Cc3ccccc3)C(=O)NC(C)C)no2)c1. The fourth-order valence-electron chi connectivity index (χ4n) is 2.99. The van der Waals surface area contributed by atoms with Crippen molar-refractivity contribution in [2.45, 2.75) is 39.3 Å². The molecule has 1 atom stereocenters. The van der Waals surface area contributed by atoms with Gasteiger partial charge in [-0.3, -0.25) is 9.59 Å². The van der Waals surface area contributed by atoms with Crippen molar-refractivity contribution in [1.29, 1.82) is 0 Å². The van der Waals surface area contributed by atoms with E-state index >= 15 is 0 Å². The first-order valence-corrected chi connectivity index (χ1v) is 9.61. The summed E-state index contributed by atoms with van der Waals surface area (Å²) in [5.41, 5.74) is 3.02. The Bertz CT molecular complexity index is 980.